The molecule has 1 aromatic carbocycles. The van der Waals surface area contributed by atoms with Crippen LogP contribution in [0.1, 0.15) is 17.2 Å². The molecule has 0 aliphatic carbocycles. The van der Waals surface area contributed by atoms with E-state index in [0.717, 1.165) is 47.0 Å². The van der Waals surface area contributed by atoms with Crippen LogP contribution in [-0.2, 0) is 19.9 Å². The minimum atomic E-state index is 0.778. The number of rotatable bonds is 4. The average molecular weight is 317 g/mol. The third-order valence-electron chi connectivity index (χ3n) is 4.22. The lowest BCUT2D eigenvalue weighted by atomic mass is 10.2. The van der Waals surface area contributed by atoms with Gasteiger partial charge in [-0.25, -0.2) is 14.5 Å². The summed E-state index contributed by atoms with van der Waals surface area (Å²) in [6.07, 6.45) is 5.61. The van der Waals surface area contributed by atoms with Crippen molar-refractivity contribution in [1.29, 1.82) is 0 Å². The van der Waals surface area contributed by atoms with E-state index in [1.54, 1.807) is 0 Å². The summed E-state index contributed by atoms with van der Waals surface area (Å²) in [6, 6.07) is 14.3. The summed E-state index contributed by atoms with van der Waals surface area (Å²) < 4.78 is 3.93. The van der Waals surface area contributed by atoms with Gasteiger partial charge in [0.15, 0.2) is 11.5 Å². The molecular weight excluding hydrogens is 298 g/mol. The summed E-state index contributed by atoms with van der Waals surface area (Å²) in [5.41, 5.74) is 4.21. The van der Waals surface area contributed by atoms with Gasteiger partial charge in [-0.3, -0.25) is 0 Å². The Labute approximate surface area is 140 Å². The van der Waals surface area contributed by atoms with Crippen molar-refractivity contribution < 1.29 is 0 Å². The molecule has 0 atom stereocenters. The number of hydrogen-bond acceptors (Lipinski definition) is 3. The Bertz CT molecular complexity index is 982. The van der Waals surface area contributed by atoms with Gasteiger partial charge in [-0.05, 0) is 18.6 Å². The van der Waals surface area contributed by atoms with E-state index in [4.69, 9.17) is 4.98 Å². The van der Waals surface area contributed by atoms with Crippen molar-refractivity contribution in [3.05, 3.63) is 72.1 Å². The second-order valence-electron chi connectivity index (χ2n) is 6.01. The number of fused-ring (bicyclic) bond motifs is 1. The van der Waals surface area contributed by atoms with Crippen LogP contribution in [-0.4, -0.2) is 24.1 Å². The van der Waals surface area contributed by atoms with Crippen LogP contribution in [0, 0.1) is 6.92 Å². The normalized spacial score (nSPS) is 11.2. The van der Waals surface area contributed by atoms with Gasteiger partial charge in [0.05, 0.1) is 5.69 Å². The number of nitrogens with zero attached hydrogens (tertiary/aromatic N) is 5. The summed E-state index contributed by atoms with van der Waals surface area (Å²) in [7, 11) is 2.04. The molecule has 0 fully saturated rings. The van der Waals surface area contributed by atoms with Crippen molar-refractivity contribution in [2.75, 3.05) is 0 Å². The molecule has 0 aliphatic rings. The topological polar surface area (TPSA) is 48.0 Å². The lowest BCUT2D eigenvalue weighted by molar-refractivity contribution is 0.745. The molecule has 120 valence electrons. The maximum atomic E-state index is 4.77. The monoisotopic (exact) mass is 317 g/mol. The molecule has 0 spiro atoms. The van der Waals surface area contributed by atoms with Crippen LogP contribution >= 0.6 is 0 Å². The number of imidazole rings is 1. The largest absolute Gasteiger partial charge is 0.337 e. The fourth-order valence-electron chi connectivity index (χ4n) is 2.90. The van der Waals surface area contributed by atoms with E-state index in [0.29, 0.717) is 0 Å². The molecule has 0 bridgehead atoms. The predicted octanol–water partition coefficient (Wildman–Crippen LogP) is 3.22. The molecule has 0 unspecified atom stereocenters. The molecule has 4 aromatic rings. The van der Waals surface area contributed by atoms with Crippen molar-refractivity contribution >= 4 is 5.65 Å². The number of aryl methyl sites for hydroxylation is 4. The van der Waals surface area contributed by atoms with E-state index in [2.05, 4.69) is 46.0 Å². The first-order valence-electron chi connectivity index (χ1n) is 8.09. The van der Waals surface area contributed by atoms with Gasteiger partial charge in [0, 0.05) is 37.8 Å². The zero-order valence-corrected chi connectivity index (χ0v) is 13.8. The van der Waals surface area contributed by atoms with E-state index in [9.17, 15) is 0 Å². The molecule has 0 saturated carbocycles. The Hall–Kier alpha value is -2.95. The summed E-state index contributed by atoms with van der Waals surface area (Å²) in [5.74, 6) is 1.90. The molecule has 24 heavy (non-hydrogen) atoms. The highest BCUT2D eigenvalue weighted by Gasteiger charge is 2.10. The number of benzene rings is 1. The van der Waals surface area contributed by atoms with Gasteiger partial charge >= 0.3 is 0 Å². The molecule has 0 saturated heterocycles. The molecule has 3 aromatic heterocycles. The minimum Gasteiger partial charge on any atom is -0.337 e. The molecule has 4 rings (SSSR count). The van der Waals surface area contributed by atoms with E-state index in [1.165, 1.54) is 0 Å². The minimum absolute atomic E-state index is 0.778. The van der Waals surface area contributed by atoms with Crippen molar-refractivity contribution in [1.82, 2.24) is 24.1 Å². The molecule has 0 radical (unpaired) electrons. The standard InChI is InChI=1S/C19H19N5/c1-14-7-6-12-24-19(14)21-17(22-24)10-11-18-20-16(13-23(18)2)15-8-4-3-5-9-15/h3-9,12-13H,10-11H2,1-2H3. The summed E-state index contributed by atoms with van der Waals surface area (Å²) in [6.45, 7) is 2.05. The number of hydrogen-bond donors (Lipinski definition) is 0. The second kappa shape index (κ2) is 5.92. The molecule has 5 nitrogen and oxygen atoms in total. The molecule has 3 heterocycles. The van der Waals surface area contributed by atoms with Gasteiger partial charge in [-0.15, -0.1) is 0 Å². The highest BCUT2D eigenvalue weighted by atomic mass is 15.3. The highest BCUT2D eigenvalue weighted by Crippen LogP contribution is 2.18. The van der Waals surface area contributed by atoms with Crippen LogP contribution in [0.5, 0.6) is 0 Å². The van der Waals surface area contributed by atoms with Gasteiger partial charge in [0.1, 0.15) is 5.82 Å². The lowest BCUT2D eigenvalue weighted by Crippen LogP contribution is -2.01. The van der Waals surface area contributed by atoms with Crippen LogP contribution in [0.15, 0.2) is 54.9 Å². The molecule has 5 heteroatoms. The maximum absolute atomic E-state index is 4.77. The van der Waals surface area contributed by atoms with Crippen molar-refractivity contribution in [2.24, 2.45) is 7.05 Å². The fourth-order valence-corrected chi connectivity index (χ4v) is 2.90. The second-order valence-corrected chi connectivity index (χ2v) is 6.01. The Morgan fingerprint density at radius 1 is 0.958 bits per heavy atom. The molecule has 0 N–H and O–H groups in total. The van der Waals surface area contributed by atoms with Crippen LogP contribution in [0.3, 0.4) is 0 Å². The van der Waals surface area contributed by atoms with Gasteiger partial charge < -0.3 is 4.57 Å². The quantitative estimate of drug-likeness (QED) is 0.580. The molecule has 0 aliphatic heterocycles. The van der Waals surface area contributed by atoms with Crippen LogP contribution < -0.4 is 0 Å². The number of aromatic nitrogens is 5. The van der Waals surface area contributed by atoms with E-state index < -0.39 is 0 Å². The summed E-state index contributed by atoms with van der Waals surface area (Å²) >= 11 is 0. The zero-order chi connectivity index (χ0) is 16.5. The number of pyridine rings is 1. The molecule has 0 amide bonds. The van der Waals surface area contributed by atoms with Gasteiger partial charge in [0.2, 0.25) is 0 Å². The van der Waals surface area contributed by atoms with E-state index in [1.807, 2.05) is 42.0 Å². The van der Waals surface area contributed by atoms with Crippen molar-refractivity contribution in [3.63, 3.8) is 0 Å². The van der Waals surface area contributed by atoms with Crippen LogP contribution in [0.4, 0.5) is 0 Å². The van der Waals surface area contributed by atoms with Crippen LogP contribution in [0.2, 0.25) is 0 Å². The van der Waals surface area contributed by atoms with Gasteiger partial charge in [0.25, 0.3) is 0 Å². The van der Waals surface area contributed by atoms with Gasteiger partial charge in [-0.2, -0.15) is 5.10 Å². The SMILES string of the molecule is Cc1cccn2nc(CCc3nc(-c4ccccc4)cn3C)nc12. The van der Waals surface area contributed by atoms with Gasteiger partial charge in [-0.1, -0.05) is 36.4 Å². The smallest absolute Gasteiger partial charge is 0.158 e. The first-order chi connectivity index (χ1) is 11.7. The van der Waals surface area contributed by atoms with E-state index in [-0.39, 0.29) is 0 Å². The Kier molecular flexibility index (Phi) is 3.61. The molecular formula is C19H19N5. The predicted molar refractivity (Wildman–Crippen MR) is 93.8 cm³/mol. The average Bonchev–Trinajstić information content (AvgIpc) is 3.18. The van der Waals surface area contributed by atoms with Crippen LogP contribution in [0.25, 0.3) is 16.9 Å². The van der Waals surface area contributed by atoms with Crippen molar-refractivity contribution in [2.45, 2.75) is 19.8 Å². The summed E-state index contributed by atoms with van der Waals surface area (Å²) in [5, 5.41) is 4.55. The summed E-state index contributed by atoms with van der Waals surface area (Å²) in [4.78, 5) is 9.40. The third kappa shape index (κ3) is 2.69. The third-order valence-corrected chi connectivity index (χ3v) is 4.22. The zero-order valence-electron chi connectivity index (χ0n) is 13.8. The Morgan fingerprint density at radius 3 is 2.58 bits per heavy atom. The Balaban J connectivity index is 1.55. The highest BCUT2D eigenvalue weighted by molar-refractivity contribution is 5.58. The lowest BCUT2D eigenvalue weighted by Gasteiger charge is -1.98. The van der Waals surface area contributed by atoms with Crippen molar-refractivity contribution in [3.8, 4) is 11.3 Å². The van der Waals surface area contributed by atoms with E-state index >= 15 is 0 Å². The fraction of sp³-hybridized carbons (Fsp3) is 0.211. The first kappa shape index (κ1) is 14.6. The maximum Gasteiger partial charge on any atom is 0.158 e. The first-order valence-corrected chi connectivity index (χ1v) is 8.09. The Morgan fingerprint density at radius 2 is 1.79 bits per heavy atom.